The number of amides is 1. The fourth-order valence-corrected chi connectivity index (χ4v) is 2.56. The fourth-order valence-electron chi connectivity index (χ4n) is 2.56. The lowest BCUT2D eigenvalue weighted by Gasteiger charge is -2.07. The van der Waals surface area contributed by atoms with Crippen molar-refractivity contribution in [3.05, 3.63) is 66.7 Å². The zero-order valence-corrected chi connectivity index (χ0v) is 14.6. The van der Waals surface area contributed by atoms with Crippen LogP contribution in [0, 0.1) is 0 Å². The summed E-state index contributed by atoms with van der Waals surface area (Å²) in [6, 6.07) is 3.73. The lowest BCUT2D eigenvalue weighted by Crippen LogP contribution is -2.14. The molecule has 2 aromatic heterocycles. The number of fused-ring (bicyclic) bond motifs is 1. The molecule has 4 aromatic rings. The zero-order chi connectivity index (χ0) is 22.3. The zero-order valence-electron chi connectivity index (χ0n) is 18.6. The van der Waals surface area contributed by atoms with Crippen LogP contribution in [0.4, 0.5) is 5.95 Å². The minimum absolute atomic E-state index is 0.0210. The molecule has 0 aliphatic heterocycles. The molecule has 0 unspecified atom stereocenters. The van der Waals surface area contributed by atoms with E-state index in [1.165, 1.54) is 7.11 Å². The quantitative estimate of drug-likeness (QED) is 0.602. The Morgan fingerprint density at radius 2 is 2.04 bits per heavy atom. The molecule has 7 heteroatoms. The van der Waals surface area contributed by atoms with Crippen LogP contribution in [-0.4, -0.2) is 32.5 Å². The minimum Gasteiger partial charge on any atom is -0.497 e. The maximum atomic E-state index is 12.7. The monoisotopic (exact) mass is 363 g/mol. The SMILES string of the molecule is [2H]c1c([2H])c(C(=O)Nc2ncc3ccc(-c4cncn4C)cc3n2)c([2H])c([2H])c1OC. The van der Waals surface area contributed by atoms with E-state index in [9.17, 15) is 4.79 Å². The van der Waals surface area contributed by atoms with Crippen molar-refractivity contribution in [2.24, 2.45) is 7.05 Å². The highest BCUT2D eigenvalue weighted by Gasteiger charge is 2.10. The van der Waals surface area contributed by atoms with Gasteiger partial charge in [0.05, 0.1) is 36.3 Å². The lowest BCUT2D eigenvalue weighted by molar-refractivity contribution is 0.102. The van der Waals surface area contributed by atoms with E-state index in [4.69, 9.17) is 10.2 Å². The molecule has 134 valence electrons. The smallest absolute Gasteiger partial charge is 0.258 e. The predicted molar refractivity (Wildman–Crippen MR) is 103 cm³/mol. The number of hydrogen-bond acceptors (Lipinski definition) is 5. The fraction of sp³-hybridized carbons (Fsp3) is 0.100. The number of imidazole rings is 1. The number of methoxy groups -OCH3 is 1. The number of anilines is 1. The maximum Gasteiger partial charge on any atom is 0.258 e. The van der Waals surface area contributed by atoms with Crippen LogP contribution in [0.15, 0.2) is 61.1 Å². The molecule has 0 spiro atoms. The molecule has 1 N–H and O–H groups in total. The van der Waals surface area contributed by atoms with Crippen LogP contribution in [0.3, 0.4) is 0 Å². The molecule has 0 atom stereocenters. The van der Waals surface area contributed by atoms with Gasteiger partial charge in [0.2, 0.25) is 5.95 Å². The van der Waals surface area contributed by atoms with Crippen LogP contribution in [0.5, 0.6) is 5.75 Å². The van der Waals surface area contributed by atoms with Gasteiger partial charge in [-0.1, -0.05) is 12.1 Å². The van der Waals surface area contributed by atoms with Gasteiger partial charge in [-0.15, -0.1) is 0 Å². The molecule has 2 aromatic carbocycles. The van der Waals surface area contributed by atoms with E-state index < -0.39 is 35.6 Å². The Labute approximate surface area is 161 Å². The van der Waals surface area contributed by atoms with Crippen molar-refractivity contribution in [1.82, 2.24) is 19.5 Å². The van der Waals surface area contributed by atoms with E-state index in [2.05, 4.69) is 20.3 Å². The first-order valence-electron chi connectivity index (χ1n) is 10.0. The van der Waals surface area contributed by atoms with Crippen LogP contribution < -0.4 is 10.1 Å². The summed E-state index contributed by atoms with van der Waals surface area (Å²) < 4.78 is 38.7. The van der Waals surface area contributed by atoms with Crippen molar-refractivity contribution in [3.63, 3.8) is 0 Å². The standard InChI is InChI=1S/C20H17N5O2/c1-25-12-21-11-18(25)14-3-4-15-10-22-20(23-17(15)9-14)24-19(26)13-5-7-16(27-2)8-6-13/h3-12H,1-2H3,(H,22,23,24,26)/i5D,6D,7D,8D. The van der Waals surface area contributed by atoms with Crippen LogP contribution in [0.25, 0.3) is 22.2 Å². The van der Waals surface area contributed by atoms with E-state index >= 15 is 0 Å². The number of ether oxygens (including phenoxy) is 1. The first-order valence-corrected chi connectivity index (χ1v) is 8.01. The third-order valence-electron chi connectivity index (χ3n) is 3.95. The Morgan fingerprint density at radius 3 is 2.74 bits per heavy atom. The largest absolute Gasteiger partial charge is 0.497 e. The van der Waals surface area contributed by atoms with Gasteiger partial charge in [0.1, 0.15) is 5.75 Å². The first-order chi connectivity index (χ1) is 14.8. The average Bonchev–Trinajstić information content (AvgIpc) is 3.18. The molecule has 0 saturated heterocycles. The van der Waals surface area contributed by atoms with Crippen molar-refractivity contribution in [1.29, 1.82) is 0 Å². The van der Waals surface area contributed by atoms with Crippen molar-refractivity contribution >= 4 is 22.8 Å². The molecule has 0 fully saturated rings. The number of aryl methyl sites for hydroxylation is 1. The number of carbonyl (C=O) groups excluding carboxylic acids is 1. The van der Waals surface area contributed by atoms with Gasteiger partial charge in [0.15, 0.2) is 0 Å². The van der Waals surface area contributed by atoms with Gasteiger partial charge in [-0.25, -0.2) is 15.0 Å². The minimum atomic E-state index is -0.846. The Kier molecular flexibility index (Phi) is 3.20. The van der Waals surface area contributed by atoms with E-state index in [0.717, 1.165) is 16.6 Å². The summed E-state index contributed by atoms with van der Waals surface area (Å²) in [5, 5.41) is 3.23. The second-order valence-electron chi connectivity index (χ2n) is 5.72. The number of nitrogens with zero attached hydrogens (tertiary/aromatic N) is 4. The molecule has 0 radical (unpaired) electrons. The number of aromatic nitrogens is 4. The summed E-state index contributed by atoms with van der Waals surface area (Å²) >= 11 is 0. The van der Waals surface area contributed by atoms with Gasteiger partial charge < -0.3 is 9.30 Å². The van der Waals surface area contributed by atoms with Crippen LogP contribution in [0.1, 0.15) is 15.8 Å². The molecular weight excluding hydrogens is 342 g/mol. The molecule has 0 aliphatic rings. The van der Waals surface area contributed by atoms with Crippen molar-refractivity contribution in [2.45, 2.75) is 0 Å². The highest BCUT2D eigenvalue weighted by Crippen LogP contribution is 2.23. The highest BCUT2D eigenvalue weighted by molar-refractivity contribution is 6.03. The second kappa shape index (κ2) is 6.87. The molecule has 27 heavy (non-hydrogen) atoms. The summed E-state index contributed by atoms with van der Waals surface area (Å²) in [4.78, 5) is 25.3. The normalized spacial score (nSPS) is 12.8. The van der Waals surface area contributed by atoms with E-state index in [-0.39, 0.29) is 11.7 Å². The number of rotatable bonds is 4. The molecule has 2 heterocycles. The third kappa shape index (κ3) is 3.35. The van der Waals surface area contributed by atoms with Crippen LogP contribution in [-0.2, 0) is 7.05 Å². The second-order valence-corrected chi connectivity index (χ2v) is 5.72. The Bertz CT molecular complexity index is 1310. The van der Waals surface area contributed by atoms with Gasteiger partial charge >= 0.3 is 0 Å². The number of carbonyl (C=O) groups is 1. The Hall–Kier alpha value is -3.74. The summed E-state index contributed by atoms with van der Waals surface area (Å²) in [5.41, 5.74) is 1.95. The first kappa shape index (κ1) is 12.6. The van der Waals surface area contributed by atoms with E-state index in [0.29, 0.717) is 5.52 Å². The van der Waals surface area contributed by atoms with Gasteiger partial charge in [-0.3, -0.25) is 10.1 Å². The van der Waals surface area contributed by atoms with Gasteiger partial charge in [0, 0.05) is 29.8 Å². The lowest BCUT2D eigenvalue weighted by atomic mass is 10.1. The van der Waals surface area contributed by atoms with Gasteiger partial charge in [-0.2, -0.15) is 0 Å². The topological polar surface area (TPSA) is 81.9 Å². The summed E-state index contributed by atoms with van der Waals surface area (Å²) in [5.74, 6) is -1.09. The maximum absolute atomic E-state index is 12.7. The molecule has 0 bridgehead atoms. The van der Waals surface area contributed by atoms with E-state index in [1.807, 2.05) is 29.8 Å². The molecule has 0 aliphatic carbocycles. The van der Waals surface area contributed by atoms with Crippen molar-refractivity contribution < 1.29 is 15.0 Å². The third-order valence-corrected chi connectivity index (χ3v) is 3.95. The van der Waals surface area contributed by atoms with Crippen LogP contribution >= 0.6 is 0 Å². The summed E-state index contributed by atoms with van der Waals surface area (Å²) in [7, 11) is 3.12. The van der Waals surface area contributed by atoms with E-state index in [1.54, 1.807) is 18.7 Å². The van der Waals surface area contributed by atoms with Crippen molar-refractivity contribution in [3.8, 4) is 17.0 Å². The predicted octanol–water partition coefficient (Wildman–Crippen LogP) is 3.29. The van der Waals surface area contributed by atoms with Crippen molar-refractivity contribution in [2.75, 3.05) is 12.4 Å². The molecular formula is C20H17N5O2. The van der Waals surface area contributed by atoms with Gasteiger partial charge in [0.25, 0.3) is 5.91 Å². The summed E-state index contributed by atoms with van der Waals surface area (Å²) in [6.45, 7) is 0. The molecule has 7 nitrogen and oxygen atoms in total. The molecule has 0 saturated carbocycles. The van der Waals surface area contributed by atoms with Crippen LogP contribution in [0.2, 0.25) is 0 Å². The number of hydrogen-bond donors (Lipinski definition) is 1. The average molecular weight is 363 g/mol. The summed E-state index contributed by atoms with van der Waals surface area (Å²) in [6.07, 6.45) is 4.98. The Morgan fingerprint density at radius 1 is 1.22 bits per heavy atom. The Balaban J connectivity index is 1.70. The number of benzene rings is 2. The number of nitrogens with one attached hydrogen (secondary N) is 1. The highest BCUT2D eigenvalue weighted by atomic mass is 16.5. The molecule has 1 amide bonds. The molecule has 4 rings (SSSR count). The van der Waals surface area contributed by atoms with Gasteiger partial charge in [-0.05, 0) is 30.2 Å².